The number of carbonyl (C=O) groups excluding carboxylic acids is 1. The minimum atomic E-state index is -3.61. The second kappa shape index (κ2) is 6.01. The molecule has 104 valence electrons. The summed E-state index contributed by atoms with van der Waals surface area (Å²) in [5.41, 5.74) is 0. The third kappa shape index (κ3) is 6.40. The highest BCUT2D eigenvalue weighted by atomic mass is 32.2. The third-order valence-electron chi connectivity index (χ3n) is 2.57. The Morgan fingerprint density at radius 2 is 2.00 bits per heavy atom. The van der Waals surface area contributed by atoms with Gasteiger partial charge in [0.05, 0.1) is 12.2 Å². The van der Waals surface area contributed by atoms with Gasteiger partial charge in [0.15, 0.2) is 0 Å². The maximum absolute atomic E-state index is 11.4. The molecule has 0 bridgehead atoms. The van der Waals surface area contributed by atoms with Crippen LogP contribution in [0, 0.1) is 5.92 Å². The number of hydrogen-bond acceptors (Lipinski definition) is 4. The molecule has 0 aromatic rings. The molecule has 0 saturated heterocycles. The molecule has 9 heteroatoms. The SMILES string of the molecule is NS(=O)(=O)CCNC(=O)NC(CC(=O)O)C1CC1. The van der Waals surface area contributed by atoms with Crippen LogP contribution < -0.4 is 15.8 Å². The molecule has 0 aromatic heterocycles. The zero-order valence-electron chi connectivity index (χ0n) is 9.76. The highest BCUT2D eigenvalue weighted by molar-refractivity contribution is 7.89. The van der Waals surface area contributed by atoms with Gasteiger partial charge in [-0.1, -0.05) is 0 Å². The van der Waals surface area contributed by atoms with Crippen LogP contribution in [0.3, 0.4) is 0 Å². The van der Waals surface area contributed by atoms with E-state index < -0.39 is 28.1 Å². The van der Waals surface area contributed by atoms with Crippen molar-refractivity contribution in [2.75, 3.05) is 12.3 Å². The van der Waals surface area contributed by atoms with Crippen molar-refractivity contribution in [3.05, 3.63) is 0 Å². The lowest BCUT2D eigenvalue weighted by molar-refractivity contribution is -0.137. The standard InChI is InChI=1S/C9H17N3O5S/c10-18(16,17)4-3-11-9(15)12-7(5-8(13)14)6-1-2-6/h6-7H,1-5H2,(H,13,14)(H2,10,16,17)(H2,11,12,15). The number of aliphatic carboxylic acids is 1. The van der Waals surface area contributed by atoms with E-state index in [1.165, 1.54) is 0 Å². The number of hydrogen-bond donors (Lipinski definition) is 4. The topological polar surface area (TPSA) is 139 Å². The van der Waals surface area contributed by atoms with Gasteiger partial charge in [-0.3, -0.25) is 4.79 Å². The number of nitrogens with one attached hydrogen (secondary N) is 2. The molecule has 8 nitrogen and oxygen atoms in total. The second-order valence-electron chi connectivity index (χ2n) is 4.31. The van der Waals surface area contributed by atoms with Gasteiger partial charge in [-0.2, -0.15) is 0 Å². The monoisotopic (exact) mass is 279 g/mol. The number of carboxylic acids is 1. The van der Waals surface area contributed by atoms with Crippen LogP contribution in [-0.2, 0) is 14.8 Å². The Balaban J connectivity index is 2.30. The maximum Gasteiger partial charge on any atom is 0.315 e. The van der Waals surface area contributed by atoms with Crippen molar-refractivity contribution in [1.29, 1.82) is 0 Å². The van der Waals surface area contributed by atoms with Gasteiger partial charge in [-0.25, -0.2) is 18.4 Å². The van der Waals surface area contributed by atoms with Crippen molar-refractivity contribution in [2.24, 2.45) is 11.1 Å². The number of carboxylic acid groups (broad SMARTS) is 1. The Kier molecular flexibility index (Phi) is 4.91. The van der Waals surface area contributed by atoms with Gasteiger partial charge in [0.1, 0.15) is 0 Å². The predicted molar refractivity (Wildman–Crippen MR) is 63.3 cm³/mol. The Morgan fingerprint density at radius 3 is 2.44 bits per heavy atom. The predicted octanol–water partition coefficient (Wildman–Crippen LogP) is -1.17. The molecule has 2 amide bonds. The van der Waals surface area contributed by atoms with E-state index in [1.807, 2.05) is 0 Å². The second-order valence-corrected chi connectivity index (χ2v) is 6.04. The van der Waals surface area contributed by atoms with E-state index in [-0.39, 0.29) is 24.6 Å². The number of carbonyl (C=O) groups is 2. The smallest absolute Gasteiger partial charge is 0.315 e. The van der Waals surface area contributed by atoms with Crippen LogP contribution in [0.4, 0.5) is 4.79 Å². The van der Waals surface area contributed by atoms with E-state index in [2.05, 4.69) is 10.6 Å². The lowest BCUT2D eigenvalue weighted by Gasteiger charge is -2.16. The fourth-order valence-electron chi connectivity index (χ4n) is 1.55. The molecule has 1 fully saturated rings. The van der Waals surface area contributed by atoms with Crippen molar-refractivity contribution in [3.8, 4) is 0 Å². The molecule has 0 aromatic carbocycles. The highest BCUT2D eigenvalue weighted by Crippen LogP contribution is 2.33. The van der Waals surface area contributed by atoms with E-state index in [0.717, 1.165) is 12.8 Å². The average Bonchev–Trinajstić information content (AvgIpc) is 2.96. The molecular weight excluding hydrogens is 262 g/mol. The number of amides is 2. The zero-order valence-corrected chi connectivity index (χ0v) is 10.6. The van der Waals surface area contributed by atoms with Crippen LogP contribution >= 0.6 is 0 Å². The van der Waals surface area contributed by atoms with Crippen LogP contribution in [0.25, 0.3) is 0 Å². The summed E-state index contributed by atoms with van der Waals surface area (Å²) >= 11 is 0. The van der Waals surface area contributed by atoms with Crippen molar-refractivity contribution in [2.45, 2.75) is 25.3 Å². The summed E-state index contributed by atoms with van der Waals surface area (Å²) in [6.45, 7) is -0.102. The number of sulfonamides is 1. The van der Waals surface area contributed by atoms with Gasteiger partial charge < -0.3 is 15.7 Å². The quantitative estimate of drug-likeness (QED) is 0.465. The molecule has 18 heavy (non-hydrogen) atoms. The molecule has 0 heterocycles. The first-order chi connectivity index (χ1) is 8.28. The third-order valence-corrected chi connectivity index (χ3v) is 3.35. The Morgan fingerprint density at radius 1 is 1.39 bits per heavy atom. The largest absolute Gasteiger partial charge is 0.481 e. The minimum Gasteiger partial charge on any atom is -0.481 e. The van der Waals surface area contributed by atoms with Crippen LogP contribution in [-0.4, -0.2) is 43.9 Å². The maximum atomic E-state index is 11.4. The first-order valence-electron chi connectivity index (χ1n) is 5.54. The van der Waals surface area contributed by atoms with Crippen molar-refractivity contribution < 1.29 is 23.1 Å². The fourth-order valence-corrected chi connectivity index (χ4v) is 1.94. The average molecular weight is 279 g/mol. The number of primary sulfonamides is 1. The normalized spacial score (nSPS) is 16.9. The van der Waals surface area contributed by atoms with E-state index in [9.17, 15) is 18.0 Å². The van der Waals surface area contributed by atoms with Crippen LogP contribution in [0.1, 0.15) is 19.3 Å². The van der Waals surface area contributed by atoms with Crippen LogP contribution in [0.5, 0.6) is 0 Å². The molecule has 1 unspecified atom stereocenters. The Hall–Kier alpha value is -1.35. The van der Waals surface area contributed by atoms with Gasteiger partial charge in [0, 0.05) is 12.6 Å². The van der Waals surface area contributed by atoms with Gasteiger partial charge >= 0.3 is 12.0 Å². The van der Waals surface area contributed by atoms with Crippen molar-refractivity contribution in [3.63, 3.8) is 0 Å². The first kappa shape index (κ1) is 14.7. The summed E-state index contributed by atoms with van der Waals surface area (Å²) in [4.78, 5) is 22.0. The van der Waals surface area contributed by atoms with Crippen LogP contribution in [0.15, 0.2) is 0 Å². The number of urea groups is 1. The molecule has 1 saturated carbocycles. The molecule has 1 atom stereocenters. The lowest BCUT2D eigenvalue weighted by atomic mass is 10.1. The van der Waals surface area contributed by atoms with Crippen LogP contribution in [0.2, 0.25) is 0 Å². The van der Waals surface area contributed by atoms with E-state index in [0.29, 0.717) is 0 Å². The fraction of sp³-hybridized carbons (Fsp3) is 0.778. The van der Waals surface area contributed by atoms with Crippen molar-refractivity contribution >= 4 is 22.0 Å². The summed E-state index contributed by atoms with van der Waals surface area (Å²) in [7, 11) is -3.61. The molecule has 0 radical (unpaired) electrons. The summed E-state index contributed by atoms with van der Waals surface area (Å²) in [6, 6.07) is -0.978. The van der Waals surface area contributed by atoms with Crippen molar-refractivity contribution in [1.82, 2.24) is 10.6 Å². The van der Waals surface area contributed by atoms with E-state index in [1.54, 1.807) is 0 Å². The van der Waals surface area contributed by atoms with Gasteiger partial charge in [-0.05, 0) is 18.8 Å². The molecule has 0 spiro atoms. The molecular formula is C9H17N3O5S. The molecule has 0 aliphatic heterocycles. The zero-order chi connectivity index (χ0) is 13.8. The summed E-state index contributed by atoms with van der Waals surface area (Å²) in [5, 5.41) is 18.3. The minimum absolute atomic E-state index is 0.102. The van der Waals surface area contributed by atoms with Gasteiger partial charge in [0.25, 0.3) is 0 Å². The Bertz CT molecular complexity index is 418. The molecule has 1 aliphatic carbocycles. The van der Waals surface area contributed by atoms with Gasteiger partial charge in [-0.15, -0.1) is 0 Å². The number of rotatable bonds is 7. The molecule has 1 rings (SSSR count). The Labute approximate surface area is 105 Å². The molecule has 5 N–H and O–H groups in total. The number of nitrogens with two attached hydrogens (primary N) is 1. The van der Waals surface area contributed by atoms with E-state index >= 15 is 0 Å². The first-order valence-corrected chi connectivity index (χ1v) is 7.26. The molecule has 1 aliphatic rings. The summed E-state index contributed by atoms with van der Waals surface area (Å²) in [6.07, 6.45) is 1.66. The summed E-state index contributed by atoms with van der Waals surface area (Å²) < 4.78 is 21.3. The summed E-state index contributed by atoms with van der Waals surface area (Å²) in [5.74, 6) is -1.13. The lowest BCUT2D eigenvalue weighted by Crippen LogP contribution is -2.45. The van der Waals surface area contributed by atoms with Gasteiger partial charge in [0.2, 0.25) is 10.0 Å². The highest BCUT2D eigenvalue weighted by Gasteiger charge is 2.33. The van der Waals surface area contributed by atoms with E-state index in [4.69, 9.17) is 10.2 Å².